The molecule has 0 atom stereocenters. The molecule has 0 amide bonds. The summed E-state index contributed by atoms with van der Waals surface area (Å²) in [5.41, 5.74) is -0.128. The number of aromatic amines is 2. The van der Waals surface area contributed by atoms with Crippen LogP contribution >= 0.6 is 0 Å². The van der Waals surface area contributed by atoms with Gasteiger partial charge < -0.3 is 5.11 Å². The Hall–Kier alpha value is -2.37. The molecule has 5 nitrogen and oxygen atoms in total. The summed E-state index contributed by atoms with van der Waals surface area (Å²) in [4.78, 5) is 22.2. The zero-order chi connectivity index (χ0) is 12.6. The SMILES string of the molecule is Cc1cc(-c2[nH][nH]c(=O)c2C(=O)O)ccc1F. The Bertz CT molecular complexity index is 642. The number of carboxylic acid groups (broad SMARTS) is 1. The van der Waals surface area contributed by atoms with Crippen LogP contribution in [0.1, 0.15) is 15.9 Å². The average molecular weight is 236 g/mol. The molecule has 1 aromatic heterocycles. The summed E-state index contributed by atoms with van der Waals surface area (Å²) >= 11 is 0. The highest BCUT2D eigenvalue weighted by Gasteiger charge is 2.18. The predicted octanol–water partition coefficient (Wildman–Crippen LogP) is 1.52. The highest BCUT2D eigenvalue weighted by molar-refractivity contribution is 5.94. The van der Waals surface area contributed by atoms with Gasteiger partial charge in [0.1, 0.15) is 5.82 Å². The van der Waals surface area contributed by atoms with E-state index in [0.717, 1.165) is 0 Å². The van der Waals surface area contributed by atoms with E-state index in [1.165, 1.54) is 18.2 Å². The van der Waals surface area contributed by atoms with E-state index in [-0.39, 0.29) is 17.1 Å². The minimum absolute atomic E-state index is 0.144. The first-order valence-corrected chi connectivity index (χ1v) is 4.81. The molecule has 0 aliphatic carbocycles. The fourth-order valence-electron chi connectivity index (χ4n) is 1.58. The summed E-state index contributed by atoms with van der Waals surface area (Å²) in [6.07, 6.45) is 0. The van der Waals surface area contributed by atoms with Crippen molar-refractivity contribution in [2.75, 3.05) is 0 Å². The van der Waals surface area contributed by atoms with E-state index in [1.807, 2.05) is 0 Å². The zero-order valence-corrected chi connectivity index (χ0v) is 8.87. The largest absolute Gasteiger partial charge is 0.477 e. The highest BCUT2D eigenvalue weighted by Crippen LogP contribution is 2.21. The summed E-state index contributed by atoms with van der Waals surface area (Å²) in [6.45, 7) is 1.56. The number of halogens is 1. The molecule has 0 bridgehead atoms. The second-order valence-electron chi connectivity index (χ2n) is 3.60. The third kappa shape index (κ3) is 1.84. The van der Waals surface area contributed by atoms with Gasteiger partial charge in [0.15, 0.2) is 5.56 Å². The number of hydrogen-bond acceptors (Lipinski definition) is 2. The number of rotatable bonds is 2. The quantitative estimate of drug-likeness (QED) is 0.738. The van der Waals surface area contributed by atoms with Crippen LogP contribution in [-0.2, 0) is 0 Å². The maximum atomic E-state index is 13.1. The van der Waals surface area contributed by atoms with E-state index in [0.29, 0.717) is 11.1 Å². The number of carbonyl (C=O) groups is 1. The van der Waals surface area contributed by atoms with E-state index < -0.39 is 11.5 Å². The smallest absolute Gasteiger partial charge is 0.343 e. The summed E-state index contributed by atoms with van der Waals surface area (Å²) < 4.78 is 13.1. The molecule has 0 spiro atoms. The number of carboxylic acids is 1. The Morgan fingerprint density at radius 3 is 2.65 bits per heavy atom. The highest BCUT2D eigenvalue weighted by atomic mass is 19.1. The Morgan fingerprint density at radius 2 is 2.06 bits per heavy atom. The lowest BCUT2D eigenvalue weighted by Crippen LogP contribution is -2.12. The van der Waals surface area contributed by atoms with Crippen LogP contribution in [0, 0.1) is 12.7 Å². The number of aromatic carboxylic acids is 1. The van der Waals surface area contributed by atoms with Gasteiger partial charge in [-0.3, -0.25) is 15.0 Å². The van der Waals surface area contributed by atoms with Gasteiger partial charge in [-0.25, -0.2) is 9.18 Å². The standard InChI is InChI=1S/C11H9FN2O3/c1-5-4-6(2-3-7(5)12)9-8(11(16)17)10(15)14-13-9/h2-4H,1H3,(H,16,17)(H2,13,14,15). The molecule has 2 rings (SSSR count). The van der Waals surface area contributed by atoms with E-state index in [9.17, 15) is 14.0 Å². The minimum Gasteiger partial charge on any atom is -0.477 e. The molecule has 2 aromatic rings. The van der Waals surface area contributed by atoms with Crippen LogP contribution in [0.5, 0.6) is 0 Å². The molecule has 6 heteroatoms. The van der Waals surface area contributed by atoms with Crippen LogP contribution in [0.3, 0.4) is 0 Å². The fraction of sp³-hybridized carbons (Fsp3) is 0.0909. The van der Waals surface area contributed by atoms with Crippen LogP contribution in [0.2, 0.25) is 0 Å². The van der Waals surface area contributed by atoms with E-state index in [4.69, 9.17) is 5.11 Å². The molecular formula is C11H9FN2O3. The number of aromatic nitrogens is 2. The van der Waals surface area contributed by atoms with Crippen LogP contribution in [0.4, 0.5) is 4.39 Å². The van der Waals surface area contributed by atoms with Crippen LogP contribution in [-0.4, -0.2) is 21.3 Å². The van der Waals surface area contributed by atoms with Crippen molar-refractivity contribution in [3.8, 4) is 11.3 Å². The molecular weight excluding hydrogens is 227 g/mol. The summed E-state index contributed by atoms with van der Waals surface area (Å²) in [5, 5.41) is 13.6. The summed E-state index contributed by atoms with van der Waals surface area (Å²) in [7, 11) is 0. The molecule has 0 unspecified atom stereocenters. The van der Waals surface area contributed by atoms with Crippen molar-refractivity contribution in [3.05, 3.63) is 45.5 Å². The van der Waals surface area contributed by atoms with E-state index in [2.05, 4.69) is 10.2 Å². The Kier molecular flexibility index (Phi) is 2.55. The molecule has 0 aliphatic heterocycles. The van der Waals surface area contributed by atoms with Crippen molar-refractivity contribution < 1.29 is 14.3 Å². The number of aryl methyl sites for hydroxylation is 1. The predicted molar refractivity (Wildman–Crippen MR) is 58.5 cm³/mol. The zero-order valence-electron chi connectivity index (χ0n) is 8.87. The molecule has 3 N–H and O–H groups in total. The number of H-pyrrole nitrogens is 2. The van der Waals surface area contributed by atoms with Crippen molar-refractivity contribution in [2.45, 2.75) is 6.92 Å². The molecule has 0 fully saturated rings. The van der Waals surface area contributed by atoms with Crippen LogP contribution in [0.25, 0.3) is 11.3 Å². The van der Waals surface area contributed by atoms with Crippen molar-refractivity contribution in [1.82, 2.24) is 10.2 Å². The Labute approximate surface area is 94.9 Å². The maximum absolute atomic E-state index is 13.1. The van der Waals surface area contributed by atoms with Gasteiger partial charge in [-0.15, -0.1) is 0 Å². The third-order valence-corrected chi connectivity index (χ3v) is 2.44. The second-order valence-corrected chi connectivity index (χ2v) is 3.60. The van der Waals surface area contributed by atoms with Gasteiger partial charge in [0, 0.05) is 5.56 Å². The topological polar surface area (TPSA) is 86.0 Å². The van der Waals surface area contributed by atoms with E-state index in [1.54, 1.807) is 6.92 Å². The average Bonchev–Trinajstić information content (AvgIpc) is 2.64. The van der Waals surface area contributed by atoms with Gasteiger partial charge in [-0.05, 0) is 30.7 Å². The van der Waals surface area contributed by atoms with Gasteiger partial charge in [0.2, 0.25) is 0 Å². The van der Waals surface area contributed by atoms with Crippen molar-refractivity contribution in [3.63, 3.8) is 0 Å². The lowest BCUT2D eigenvalue weighted by Gasteiger charge is -2.02. The lowest BCUT2D eigenvalue weighted by atomic mass is 10.1. The second kappa shape index (κ2) is 3.89. The molecule has 0 radical (unpaired) electrons. The molecule has 17 heavy (non-hydrogen) atoms. The number of nitrogens with one attached hydrogen (secondary N) is 2. The van der Waals surface area contributed by atoms with Crippen LogP contribution in [0.15, 0.2) is 23.0 Å². The monoisotopic (exact) mass is 236 g/mol. The first-order chi connectivity index (χ1) is 8.00. The van der Waals surface area contributed by atoms with E-state index >= 15 is 0 Å². The van der Waals surface area contributed by atoms with Crippen LogP contribution < -0.4 is 5.56 Å². The normalized spacial score (nSPS) is 10.5. The maximum Gasteiger partial charge on any atom is 0.343 e. The van der Waals surface area contributed by atoms with Crippen molar-refractivity contribution in [1.29, 1.82) is 0 Å². The third-order valence-electron chi connectivity index (χ3n) is 2.44. The Balaban J connectivity index is 2.65. The van der Waals surface area contributed by atoms with Gasteiger partial charge >= 0.3 is 5.97 Å². The fourth-order valence-corrected chi connectivity index (χ4v) is 1.58. The summed E-state index contributed by atoms with van der Waals surface area (Å²) in [5.74, 6) is -1.71. The van der Waals surface area contributed by atoms with Gasteiger partial charge in [-0.1, -0.05) is 0 Å². The molecule has 0 aliphatic rings. The minimum atomic E-state index is -1.33. The first kappa shape index (κ1) is 11.1. The van der Waals surface area contributed by atoms with Gasteiger partial charge in [0.25, 0.3) is 5.56 Å². The molecule has 0 saturated carbocycles. The summed E-state index contributed by atoms with van der Waals surface area (Å²) in [6, 6.07) is 4.11. The molecule has 88 valence electrons. The number of hydrogen-bond donors (Lipinski definition) is 3. The molecule has 1 aromatic carbocycles. The van der Waals surface area contributed by atoms with Crippen molar-refractivity contribution in [2.24, 2.45) is 0 Å². The van der Waals surface area contributed by atoms with Gasteiger partial charge in [-0.2, -0.15) is 0 Å². The number of benzene rings is 1. The lowest BCUT2D eigenvalue weighted by molar-refractivity contribution is 0.0696. The van der Waals surface area contributed by atoms with Crippen molar-refractivity contribution >= 4 is 5.97 Å². The molecule has 0 saturated heterocycles. The molecule has 1 heterocycles. The first-order valence-electron chi connectivity index (χ1n) is 4.81. The van der Waals surface area contributed by atoms with Gasteiger partial charge in [0.05, 0.1) is 5.69 Å². The Morgan fingerprint density at radius 1 is 1.35 bits per heavy atom.